The predicted octanol–water partition coefficient (Wildman–Crippen LogP) is 2.09. The normalized spacial score (nSPS) is 34.6. The molecule has 1 aromatic heterocycles. The number of hydrogen-bond donors (Lipinski definition) is 1. The predicted molar refractivity (Wildman–Crippen MR) is 85.3 cm³/mol. The third-order valence-corrected chi connectivity index (χ3v) is 4.84. The maximum atomic E-state index is 5.82. The molecule has 0 unspecified atom stereocenters. The second kappa shape index (κ2) is 4.50. The molecule has 4 heterocycles. The molecule has 1 N–H and O–H groups in total. The summed E-state index contributed by atoms with van der Waals surface area (Å²) in [5, 5.41) is 3.66. The van der Waals surface area contributed by atoms with Crippen LogP contribution < -0.4 is 15.1 Å². The second-order valence-corrected chi connectivity index (χ2v) is 7.06. The lowest BCUT2D eigenvalue weighted by Crippen LogP contribution is -2.46. The van der Waals surface area contributed by atoms with E-state index >= 15 is 0 Å². The fourth-order valence-corrected chi connectivity index (χ4v) is 3.88. The van der Waals surface area contributed by atoms with E-state index in [9.17, 15) is 0 Å². The molecule has 0 saturated carbocycles. The molecule has 114 valence electrons. The Bertz CT molecular complexity index is 553. The van der Waals surface area contributed by atoms with Crippen LogP contribution in [0.4, 0.5) is 17.3 Å². The maximum Gasteiger partial charge on any atom is 0.152 e. The number of rotatable bonds is 1. The smallest absolute Gasteiger partial charge is 0.152 e. The SMILES string of the molecule is C[C@@H]1CN(c2ccc3c(n2)N[C@]2(C)CCN3C2)C[C@H](C)O1. The van der Waals surface area contributed by atoms with Crippen molar-refractivity contribution in [2.24, 2.45) is 0 Å². The lowest BCUT2D eigenvalue weighted by molar-refractivity contribution is -0.00545. The summed E-state index contributed by atoms with van der Waals surface area (Å²) < 4.78 is 5.82. The Kier molecular flexibility index (Phi) is 2.83. The van der Waals surface area contributed by atoms with Gasteiger partial charge in [-0.05, 0) is 39.3 Å². The van der Waals surface area contributed by atoms with Gasteiger partial charge in [-0.25, -0.2) is 4.98 Å². The highest BCUT2D eigenvalue weighted by Crippen LogP contribution is 2.40. The number of hydrogen-bond acceptors (Lipinski definition) is 5. The first-order valence-electron chi connectivity index (χ1n) is 7.97. The minimum absolute atomic E-state index is 0.185. The van der Waals surface area contributed by atoms with Crippen molar-refractivity contribution in [3.05, 3.63) is 12.1 Å². The molecule has 2 bridgehead atoms. The molecule has 1 aromatic rings. The number of morpholine rings is 1. The van der Waals surface area contributed by atoms with E-state index in [0.29, 0.717) is 0 Å². The van der Waals surface area contributed by atoms with Crippen LogP contribution in [0.25, 0.3) is 0 Å². The molecule has 21 heavy (non-hydrogen) atoms. The zero-order chi connectivity index (χ0) is 14.6. The Morgan fingerprint density at radius 3 is 2.76 bits per heavy atom. The number of fused-ring (bicyclic) bond motifs is 4. The van der Waals surface area contributed by atoms with Crippen LogP contribution in [0, 0.1) is 0 Å². The summed E-state index contributed by atoms with van der Waals surface area (Å²) in [6.07, 6.45) is 1.71. The van der Waals surface area contributed by atoms with Crippen LogP contribution in [-0.2, 0) is 4.74 Å². The standard InChI is InChI=1S/C16H24N4O/c1-11-8-20(9-12(2)21-11)14-5-4-13-15(17-14)18-16(3)6-7-19(13)10-16/h4-5,11-12H,6-10H2,1-3H3,(H,17,18)/t11-,12+,16-/m1/s1. The molecule has 0 radical (unpaired) electrons. The van der Waals surface area contributed by atoms with Crippen LogP contribution in [0.15, 0.2) is 12.1 Å². The van der Waals surface area contributed by atoms with Gasteiger partial charge in [-0.3, -0.25) is 0 Å². The van der Waals surface area contributed by atoms with Crippen molar-refractivity contribution in [3.8, 4) is 0 Å². The largest absolute Gasteiger partial charge is 0.372 e. The molecule has 5 heteroatoms. The lowest BCUT2D eigenvalue weighted by atomic mass is 10.0. The Balaban J connectivity index is 1.64. The Morgan fingerprint density at radius 2 is 2.00 bits per heavy atom. The van der Waals surface area contributed by atoms with Gasteiger partial charge in [0.05, 0.1) is 23.4 Å². The first kappa shape index (κ1) is 13.2. The van der Waals surface area contributed by atoms with Crippen molar-refractivity contribution in [2.45, 2.75) is 44.9 Å². The van der Waals surface area contributed by atoms with Gasteiger partial charge in [-0.15, -0.1) is 0 Å². The van der Waals surface area contributed by atoms with Crippen LogP contribution in [0.5, 0.6) is 0 Å². The zero-order valence-corrected chi connectivity index (χ0v) is 13.1. The lowest BCUT2D eigenvalue weighted by Gasteiger charge is -2.38. The minimum atomic E-state index is 0.185. The molecule has 0 aliphatic carbocycles. The number of anilines is 3. The van der Waals surface area contributed by atoms with E-state index < -0.39 is 0 Å². The molecule has 0 spiro atoms. The number of aromatic nitrogens is 1. The van der Waals surface area contributed by atoms with Crippen LogP contribution in [0.3, 0.4) is 0 Å². The molecular weight excluding hydrogens is 264 g/mol. The van der Waals surface area contributed by atoms with Crippen molar-refractivity contribution in [1.29, 1.82) is 0 Å². The number of ether oxygens (including phenoxy) is 1. The molecule has 2 fully saturated rings. The second-order valence-electron chi connectivity index (χ2n) is 7.06. The average molecular weight is 288 g/mol. The summed E-state index contributed by atoms with van der Waals surface area (Å²) >= 11 is 0. The number of nitrogens with zero attached hydrogens (tertiary/aromatic N) is 3. The highest BCUT2D eigenvalue weighted by atomic mass is 16.5. The highest BCUT2D eigenvalue weighted by molar-refractivity contribution is 5.73. The van der Waals surface area contributed by atoms with E-state index in [2.05, 4.69) is 48.0 Å². The summed E-state index contributed by atoms with van der Waals surface area (Å²) in [5.74, 6) is 2.11. The molecule has 0 aromatic carbocycles. The Labute approximate surface area is 126 Å². The van der Waals surface area contributed by atoms with Crippen LogP contribution in [0.1, 0.15) is 27.2 Å². The molecule has 3 aliphatic rings. The molecule has 3 atom stereocenters. The van der Waals surface area contributed by atoms with Gasteiger partial charge in [-0.2, -0.15) is 0 Å². The summed E-state index contributed by atoms with van der Waals surface area (Å²) in [6.45, 7) is 10.6. The summed E-state index contributed by atoms with van der Waals surface area (Å²) in [4.78, 5) is 9.70. The average Bonchev–Trinajstić information content (AvgIpc) is 2.74. The van der Waals surface area contributed by atoms with Crippen LogP contribution in [-0.4, -0.2) is 48.9 Å². The third-order valence-electron chi connectivity index (χ3n) is 4.84. The van der Waals surface area contributed by atoms with Gasteiger partial charge < -0.3 is 19.9 Å². The molecule has 2 saturated heterocycles. The van der Waals surface area contributed by atoms with Crippen molar-refractivity contribution >= 4 is 17.3 Å². The molecule has 5 nitrogen and oxygen atoms in total. The quantitative estimate of drug-likeness (QED) is 0.857. The van der Waals surface area contributed by atoms with E-state index in [-0.39, 0.29) is 17.7 Å². The Morgan fingerprint density at radius 1 is 1.24 bits per heavy atom. The molecule has 3 aliphatic heterocycles. The monoisotopic (exact) mass is 288 g/mol. The van der Waals surface area contributed by atoms with Gasteiger partial charge in [0.25, 0.3) is 0 Å². The van der Waals surface area contributed by atoms with Crippen molar-refractivity contribution in [1.82, 2.24) is 4.98 Å². The van der Waals surface area contributed by atoms with E-state index in [0.717, 1.165) is 37.8 Å². The Hall–Kier alpha value is -1.49. The van der Waals surface area contributed by atoms with Crippen molar-refractivity contribution in [2.75, 3.05) is 41.3 Å². The first-order valence-corrected chi connectivity index (χ1v) is 7.97. The van der Waals surface area contributed by atoms with E-state index in [1.807, 2.05) is 0 Å². The van der Waals surface area contributed by atoms with Gasteiger partial charge in [-0.1, -0.05) is 0 Å². The summed E-state index contributed by atoms with van der Waals surface area (Å²) in [5.41, 5.74) is 1.44. The van der Waals surface area contributed by atoms with Gasteiger partial charge in [0.15, 0.2) is 5.82 Å². The van der Waals surface area contributed by atoms with Crippen molar-refractivity contribution in [3.63, 3.8) is 0 Å². The zero-order valence-electron chi connectivity index (χ0n) is 13.1. The van der Waals surface area contributed by atoms with Gasteiger partial charge in [0.1, 0.15) is 5.82 Å². The number of nitrogens with one attached hydrogen (secondary N) is 1. The first-order chi connectivity index (χ1) is 10.0. The third kappa shape index (κ3) is 2.24. The molecular formula is C16H24N4O. The fraction of sp³-hybridized carbons (Fsp3) is 0.688. The van der Waals surface area contributed by atoms with Crippen LogP contribution >= 0.6 is 0 Å². The number of pyridine rings is 1. The molecule has 4 rings (SSSR count). The van der Waals surface area contributed by atoms with E-state index in [1.165, 1.54) is 12.1 Å². The van der Waals surface area contributed by atoms with Gasteiger partial charge in [0.2, 0.25) is 0 Å². The fourth-order valence-electron chi connectivity index (χ4n) is 3.88. The van der Waals surface area contributed by atoms with E-state index in [4.69, 9.17) is 9.72 Å². The highest BCUT2D eigenvalue weighted by Gasteiger charge is 2.40. The topological polar surface area (TPSA) is 40.6 Å². The van der Waals surface area contributed by atoms with Crippen molar-refractivity contribution < 1.29 is 4.74 Å². The van der Waals surface area contributed by atoms with E-state index in [1.54, 1.807) is 0 Å². The molecule has 0 amide bonds. The summed E-state index contributed by atoms with van der Waals surface area (Å²) in [7, 11) is 0. The van der Waals surface area contributed by atoms with Gasteiger partial charge >= 0.3 is 0 Å². The maximum absolute atomic E-state index is 5.82. The van der Waals surface area contributed by atoms with Crippen LogP contribution in [0.2, 0.25) is 0 Å². The summed E-state index contributed by atoms with van der Waals surface area (Å²) in [6, 6.07) is 4.38. The van der Waals surface area contributed by atoms with Gasteiger partial charge in [0, 0.05) is 26.2 Å². The minimum Gasteiger partial charge on any atom is -0.372 e.